The summed E-state index contributed by atoms with van der Waals surface area (Å²) in [6, 6.07) is 2.30. The maximum atomic E-state index is 8.92. The Morgan fingerprint density at radius 1 is 1.53 bits per heavy atom. The van der Waals surface area contributed by atoms with E-state index in [1.54, 1.807) is 6.20 Å². The molecular weight excluding hydrogens is 192 g/mol. The van der Waals surface area contributed by atoms with Gasteiger partial charge < -0.3 is 9.64 Å². The molecule has 2 heterocycles. The minimum absolute atomic E-state index is 0.238. The lowest BCUT2D eigenvalue weighted by Crippen LogP contribution is -2.44. The Balaban J connectivity index is 2.31. The van der Waals surface area contributed by atoms with Crippen molar-refractivity contribution >= 4 is 5.82 Å². The molecule has 15 heavy (non-hydrogen) atoms. The Kier molecular flexibility index (Phi) is 2.79. The molecule has 0 bridgehead atoms. The predicted molar refractivity (Wildman–Crippen MR) is 54.4 cm³/mol. The van der Waals surface area contributed by atoms with Gasteiger partial charge in [0.25, 0.3) is 0 Å². The highest BCUT2D eigenvalue weighted by Crippen LogP contribution is 2.18. The van der Waals surface area contributed by atoms with Crippen LogP contribution >= 0.6 is 0 Å². The molecule has 0 spiro atoms. The molecule has 1 aliphatic heterocycles. The molecule has 0 radical (unpaired) electrons. The largest absolute Gasteiger partial charge is 0.377 e. The molecule has 5 nitrogen and oxygen atoms in total. The lowest BCUT2D eigenvalue weighted by atomic mass is 10.2. The first-order valence-electron chi connectivity index (χ1n) is 4.88. The van der Waals surface area contributed by atoms with Crippen LogP contribution < -0.4 is 4.90 Å². The second kappa shape index (κ2) is 4.24. The van der Waals surface area contributed by atoms with Gasteiger partial charge in [0, 0.05) is 18.9 Å². The lowest BCUT2D eigenvalue weighted by Gasteiger charge is -2.34. The van der Waals surface area contributed by atoms with Crippen molar-refractivity contribution in [3.8, 4) is 6.07 Å². The number of morpholine rings is 1. The standard InChI is InChI=1S/C10H12N4O/c1-8-7-15-5-4-14(8)10-9(6-11)12-2-3-13-10/h2-3,8H,4-5,7H2,1H3. The topological polar surface area (TPSA) is 62.0 Å². The summed E-state index contributed by atoms with van der Waals surface area (Å²) < 4.78 is 5.33. The molecule has 1 aliphatic rings. The highest BCUT2D eigenvalue weighted by Gasteiger charge is 2.22. The molecule has 78 valence electrons. The van der Waals surface area contributed by atoms with Gasteiger partial charge in [-0.25, -0.2) is 9.97 Å². The van der Waals surface area contributed by atoms with Crippen molar-refractivity contribution < 1.29 is 4.74 Å². The summed E-state index contributed by atoms with van der Waals surface area (Å²) in [7, 11) is 0. The van der Waals surface area contributed by atoms with Gasteiger partial charge in [-0.2, -0.15) is 5.26 Å². The van der Waals surface area contributed by atoms with Gasteiger partial charge in [-0.1, -0.05) is 0 Å². The number of anilines is 1. The third-order valence-electron chi connectivity index (χ3n) is 2.42. The van der Waals surface area contributed by atoms with E-state index in [2.05, 4.69) is 27.9 Å². The fourth-order valence-corrected chi connectivity index (χ4v) is 1.66. The van der Waals surface area contributed by atoms with Crippen molar-refractivity contribution in [1.82, 2.24) is 9.97 Å². The van der Waals surface area contributed by atoms with Crippen LogP contribution in [0.25, 0.3) is 0 Å². The predicted octanol–water partition coefficient (Wildman–Crippen LogP) is 0.573. The molecule has 1 aromatic heterocycles. The smallest absolute Gasteiger partial charge is 0.183 e. The summed E-state index contributed by atoms with van der Waals surface area (Å²) in [5.41, 5.74) is 0.381. The van der Waals surface area contributed by atoms with E-state index in [0.29, 0.717) is 24.7 Å². The van der Waals surface area contributed by atoms with Gasteiger partial charge >= 0.3 is 0 Å². The van der Waals surface area contributed by atoms with Gasteiger partial charge in [-0.05, 0) is 6.92 Å². The van der Waals surface area contributed by atoms with Gasteiger partial charge in [0.2, 0.25) is 0 Å². The van der Waals surface area contributed by atoms with Crippen LogP contribution in [0, 0.1) is 11.3 Å². The lowest BCUT2D eigenvalue weighted by molar-refractivity contribution is 0.0984. The van der Waals surface area contributed by atoms with Crippen LogP contribution in [0.2, 0.25) is 0 Å². The van der Waals surface area contributed by atoms with Gasteiger partial charge in [-0.15, -0.1) is 0 Å². The Morgan fingerprint density at radius 2 is 2.33 bits per heavy atom. The van der Waals surface area contributed by atoms with Crippen molar-refractivity contribution in [3.63, 3.8) is 0 Å². The summed E-state index contributed by atoms with van der Waals surface area (Å²) in [6.45, 7) is 4.15. The average Bonchev–Trinajstić information content (AvgIpc) is 2.30. The molecule has 1 fully saturated rings. The van der Waals surface area contributed by atoms with E-state index in [1.807, 2.05) is 0 Å². The minimum atomic E-state index is 0.238. The summed E-state index contributed by atoms with van der Waals surface area (Å²) >= 11 is 0. The first-order valence-corrected chi connectivity index (χ1v) is 4.88. The van der Waals surface area contributed by atoms with Crippen LogP contribution in [0.5, 0.6) is 0 Å². The Bertz CT molecular complexity index is 387. The second-order valence-corrected chi connectivity index (χ2v) is 3.46. The van der Waals surface area contributed by atoms with Gasteiger partial charge in [0.15, 0.2) is 11.5 Å². The van der Waals surface area contributed by atoms with Crippen LogP contribution in [0.1, 0.15) is 12.6 Å². The molecule has 1 atom stereocenters. The van der Waals surface area contributed by atoms with Crippen molar-refractivity contribution in [2.45, 2.75) is 13.0 Å². The van der Waals surface area contributed by atoms with Crippen LogP contribution in [0.15, 0.2) is 12.4 Å². The maximum Gasteiger partial charge on any atom is 0.183 e. The van der Waals surface area contributed by atoms with Crippen molar-refractivity contribution in [2.24, 2.45) is 0 Å². The van der Waals surface area contributed by atoms with Gasteiger partial charge in [0.1, 0.15) is 6.07 Å². The Hall–Kier alpha value is -1.67. The maximum absolute atomic E-state index is 8.92. The molecule has 0 N–H and O–H groups in total. The number of ether oxygens (including phenoxy) is 1. The fraction of sp³-hybridized carbons (Fsp3) is 0.500. The molecular formula is C10H12N4O. The highest BCUT2D eigenvalue weighted by molar-refractivity contribution is 5.50. The van der Waals surface area contributed by atoms with Crippen LogP contribution in [0.4, 0.5) is 5.82 Å². The van der Waals surface area contributed by atoms with E-state index in [4.69, 9.17) is 10.00 Å². The summed E-state index contributed by atoms with van der Waals surface area (Å²) in [5, 5.41) is 8.92. The Labute approximate surface area is 88.3 Å². The van der Waals surface area contributed by atoms with E-state index in [1.165, 1.54) is 6.20 Å². The molecule has 0 aromatic carbocycles. The van der Waals surface area contributed by atoms with Crippen LogP contribution in [-0.2, 0) is 4.74 Å². The van der Waals surface area contributed by atoms with E-state index in [9.17, 15) is 0 Å². The third-order valence-corrected chi connectivity index (χ3v) is 2.42. The molecule has 1 saturated heterocycles. The summed E-state index contributed by atoms with van der Waals surface area (Å²) in [6.07, 6.45) is 3.14. The van der Waals surface area contributed by atoms with Crippen LogP contribution in [0.3, 0.4) is 0 Å². The normalized spacial score (nSPS) is 21.1. The van der Waals surface area contributed by atoms with Crippen molar-refractivity contribution in [2.75, 3.05) is 24.7 Å². The zero-order chi connectivity index (χ0) is 10.7. The molecule has 0 saturated carbocycles. The SMILES string of the molecule is CC1COCCN1c1nccnc1C#N. The number of rotatable bonds is 1. The summed E-state index contributed by atoms with van der Waals surface area (Å²) in [5.74, 6) is 0.663. The third kappa shape index (κ3) is 1.90. The number of nitrogens with zero attached hydrogens (tertiary/aromatic N) is 4. The first-order chi connectivity index (χ1) is 7.33. The van der Waals surface area contributed by atoms with Crippen molar-refractivity contribution in [3.05, 3.63) is 18.1 Å². The molecule has 1 aromatic rings. The number of aromatic nitrogens is 2. The molecule has 0 aliphatic carbocycles. The number of nitriles is 1. The zero-order valence-corrected chi connectivity index (χ0v) is 8.55. The van der Waals surface area contributed by atoms with E-state index < -0.39 is 0 Å². The van der Waals surface area contributed by atoms with Gasteiger partial charge in [0.05, 0.1) is 19.3 Å². The Morgan fingerprint density at radius 3 is 3.07 bits per heavy atom. The second-order valence-electron chi connectivity index (χ2n) is 3.46. The molecule has 1 unspecified atom stereocenters. The van der Waals surface area contributed by atoms with E-state index >= 15 is 0 Å². The van der Waals surface area contributed by atoms with E-state index in [-0.39, 0.29) is 6.04 Å². The van der Waals surface area contributed by atoms with Crippen molar-refractivity contribution in [1.29, 1.82) is 5.26 Å². The summed E-state index contributed by atoms with van der Waals surface area (Å²) in [4.78, 5) is 10.3. The number of hydrogen-bond donors (Lipinski definition) is 0. The molecule has 0 amide bonds. The molecule has 5 heteroatoms. The fourth-order valence-electron chi connectivity index (χ4n) is 1.66. The van der Waals surface area contributed by atoms with E-state index in [0.717, 1.165) is 6.54 Å². The quantitative estimate of drug-likeness (QED) is 0.669. The minimum Gasteiger partial charge on any atom is -0.377 e. The zero-order valence-electron chi connectivity index (χ0n) is 8.55. The van der Waals surface area contributed by atoms with Gasteiger partial charge in [-0.3, -0.25) is 0 Å². The monoisotopic (exact) mass is 204 g/mol. The highest BCUT2D eigenvalue weighted by atomic mass is 16.5. The first kappa shape index (κ1) is 9.87. The average molecular weight is 204 g/mol. The van der Waals surface area contributed by atoms with Crippen LogP contribution in [-0.4, -0.2) is 35.8 Å². The molecule has 2 rings (SSSR count). The number of hydrogen-bond acceptors (Lipinski definition) is 5.